The molecule has 178 valence electrons. The maximum absolute atomic E-state index is 14.9. The number of ether oxygens (including phenoxy) is 3. The third-order valence-electron chi connectivity index (χ3n) is 5.33. The van der Waals surface area contributed by atoms with Gasteiger partial charge in [-0.25, -0.2) is 18.0 Å². The van der Waals surface area contributed by atoms with Crippen molar-refractivity contribution in [3.63, 3.8) is 0 Å². The summed E-state index contributed by atoms with van der Waals surface area (Å²) >= 11 is 0. The van der Waals surface area contributed by atoms with E-state index in [1.807, 2.05) is 0 Å². The van der Waals surface area contributed by atoms with E-state index in [1.165, 1.54) is 55.6 Å². The topological polar surface area (TPSA) is 44.8 Å². The lowest BCUT2D eigenvalue weighted by atomic mass is 9.98. The van der Waals surface area contributed by atoms with E-state index in [0.717, 1.165) is 6.07 Å². The lowest BCUT2D eigenvalue weighted by molar-refractivity contribution is 0.0734. The first kappa shape index (κ1) is 23.9. The number of benzene rings is 4. The number of methoxy groups -OCH3 is 1. The minimum absolute atomic E-state index is 0.0160. The largest absolute Gasteiger partial charge is 0.497 e. The number of rotatable bonds is 7. The van der Waals surface area contributed by atoms with Crippen molar-refractivity contribution in [2.24, 2.45) is 0 Å². The number of hydrogen-bond acceptors (Lipinski definition) is 4. The molecule has 0 saturated carbocycles. The van der Waals surface area contributed by atoms with Gasteiger partial charge in [-0.1, -0.05) is 36.4 Å². The maximum Gasteiger partial charge on any atom is 0.343 e. The summed E-state index contributed by atoms with van der Waals surface area (Å²) in [5, 5.41) is 0. The molecular weight excluding hydrogens is 457 g/mol. The highest BCUT2D eigenvalue weighted by Gasteiger charge is 2.17. The summed E-state index contributed by atoms with van der Waals surface area (Å²) in [6.45, 7) is 2.03. The molecule has 0 spiro atoms. The second-order valence-electron chi connectivity index (χ2n) is 7.51. The highest BCUT2D eigenvalue weighted by molar-refractivity contribution is 5.91. The average Bonchev–Trinajstić information content (AvgIpc) is 2.87. The van der Waals surface area contributed by atoms with Crippen molar-refractivity contribution in [1.82, 2.24) is 0 Å². The van der Waals surface area contributed by atoms with E-state index < -0.39 is 23.4 Å². The quantitative estimate of drug-likeness (QED) is 0.211. The van der Waals surface area contributed by atoms with Gasteiger partial charge in [-0.2, -0.15) is 0 Å². The summed E-state index contributed by atoms with van der Waals surface area (Å²) < 4.78 is 59.2. The summed E-state index contributed by atoms with van der Waals surface area (Å²) in [7, 11) is 1.52. The molecule has 0 aliphatic rings. The molecule has 0 radical (unpaired) electrons. The van der Waals surface area contributed by atoms with Crippen LogP contribution in [0.3, 0.4) is 0 Å². The number of carbonyl (C=O) groups excluding carboxylic acids is 1. The molecule has 0 unspecified atom stereocenters. The van der Waals surface area contributed by atoms with Crippen molar-refractivity contribution >= 4 is 5.97 Å². The molecule has 0 aliphatic heterocycles. The first-order chi connectivity index (χ1) is 16.9. The standard InChI is InChI=1S/C28H21F3O4/c1-3-34-25-15-12-21(16-24(25)29)35-28(32)19-6-4-17(5-7-19)22-13-14-23(27(31)26(22)30)18-8-10-20(33-2)11-9-18/h4-16H,3H2,1-2H3. The van der Waals surface area contributed by atoms with Crippen molar-refractivity contribution in [2.75, 3.05) is 13.7 Å². The molecule has 0 aromatic heterocycles. The summed E-state index contributed by atoms with van der Waals surface area (Å²) in [6, 6.07) is 19.3. The average molecular weight is 478 g/mol. The van der Waals surface area contributed by atoms with E-state index in [0.29, 0.717) is 23.5 Å². The summed E-state index contributed by atoms with van der Waals surface area (Å²) in [4.78, 5) is 12.4. The predicted molar refractivity (Wildman–Crippen MR) is 126 cm³/mol. The van der Waals surface area contributed by atoms with Crippen LogP contribution in [0.2, 0.25) is 0 Å². The smallest absolute Gasteiger partial charge is 0.343 e. The van der Waals surface area contributed by atoms with E-state index in [9.17, 15) is 18.0 Å². The fourth-order valence-electron chi connectivity index (χ4n) is 3.54. The molecule has 0 aliphatic carbocycles. The molecule has 0 atom stereocenters. The lowest BCUT2D eigenvalue weighted by Crippen LogP contribution is -2.08. The molecule has 0 bridgehead atoms. The normalized spacial score (nSPS) is 10.7. The highest BCUT2D eigenvalue weighted by Crippen LogP contribution is 2.32. The van der Waals surface area contributed by atoms with Crippen LogP contribution in [-0.4, -0.2) is 19.7 Å². The van der Waals surface area contributed by atoms with Crippen LogP contribution in [0.5, 0.6) is 17.2 Å². The Labute approximate surface area is 200 Å². The second kappa shape index (κ2) is 10.3. The minimum atomic E-state index is -1.00. The zero-order chi connectivity index (χ0) is 24.9. The number of esters is 1. The van der Waals surface area contributed by atoms with Gasteiger partial charge in [0.05, 0.1) is 19.3 Å². The Kier molecular flexibility index (Phi) is 7.06. The van der Waals surface area contributed by atoms with Gasteiger partial charge in [-0.15, -0.1) is 0 Å². The Hall–Kier alpha value is -4.26. The van der Waals surface area contributed by atoms with Crippen LogP contribution in [-0.2, 0) is 0 Å². The molecule has 0 N–H and O–H groups in total. The highest BCUT2D eigenvalue weighted by atomic mass is 19.2. The molecule has 35 heavy (non-hydrogen) atoms. The molecule has 0 heterocycles. The van der Waals surface area contributed by atoms with Gasteiger partial charge in [0, 0.05) is 17.2 Å². The molecule has 7 heteroatoms. The Balaban J connectivity index is 1.52. The maximum atomic E-state index is 14.9. The first-order valence-electron chi connectivity index (χ1n) is 10.8. The Bertz CT molecular complexity index is 1350. The van der Waals surface area contributed by atoms with Crippen molar-refractivity contribution < 1.29 is 32.2 Å². The van der Waals surface area contributed by atoms with Gasteiger partial charge < -0.3 is 14.2 Å². The molecule has 4 nitrogen and oxygen atoms in total. The second-order valence-corrected chi connectivity index (χ2v) is 7.51. The van der Waals surface area contributed by atoms with Crippen LogP contribution in [0.1, 0.15) is 17.3 Å². The van der Waals surface area contributed by atoms with Gasteiger partial charge in [0.2, 0.25) is 0 Å². The molecule has 4 aromatic rings. The van der Waals surface area contributed by atoms with Gasteiger partial charge in [-0.3, -0.25) is 0 Å². The van der Waals surface area contributed by atoms with Gasteiger partial charge in [-0.05, 0) is 54.4 Å². The molecule has 4 aromatic carbocycles. The monoisotopic (exact) mass is 478 g/mol. The van der Waals surface area contributed by atoms with Gasteiger partial charge >= 0.3 is 5.97 Å². The number of hydrogen-bond donors (Lipinski definition) is 0. The van der Waals surface area contributed by atoms with E-state index in [-0.39, 0.29) is 28.2 Å². The Morgan fingerprint density at radius 3 is 1.80 bits per heavy atom. The molecule has 4 rings (SSSR count). The van der Waals surface area contributed by atoms with Crippen molar-refractivity contribution in [3.05, 3.63) is 102 Å². The minimum Gasteiger partial charge on any atom is -0.497 e. The van der Waals surface area contributed by atoms with Gasteiger partial charge in [0.15, 0.2) is 23.2 Å². The first-order valence-corrected chi connectivity index (χ1v) is 10.8. The number of carbonyl (C=O) groups is 1. The molecular formula is C28H21F3O4. The van der Waals surface area contributed by atoms with Gasteiger partial charge in [0.1, 0.15) is 11.5 Å². The Morgan fingerprint density at radius 1 is 0.743 bits per heavy atom. The zero-order valence-corrected chi connectivity index (χ0v) is 19.0. The predicted octanol–water partition coefficient (Wildman–Crippen LogP) is 7.06. The Morgan fingerprint density at radius 2 is 1.29 bits per heavy atom. The fraction of sp³-hybridized carbons (Fsp3) is 0.107. The SMILES string of the molecule is CCOc1ccc(OC(=O)c2ccc(-c3ccc(-c4ccc(OC)cc4)c(F)c3F)cc2)cc1F. The van der Waals surface area contributed by atoms with Crippen LogP contribution in [0.4, 0.5) is 13.2 Å². The van der Waals surface area contributed by atoms with Crippen LogP contribution >= 0.6 is 0 Å². The van der Waals surface area contributed by atoms with Crippen molar-refractivity contribution in [3.8, 4) is 39.5 Å². The lowest BCUT2D eigenvalue weighted by Gasteiger charge is -2.11. The third-order valence-corrected chi connectivity index (χ3v) is 5.33. The zero-order valence-electron chi connectivity index (χ0n) is 19.0. The summed E-state index contributed by atoms with van der Waals surface area (Å²) in [5.74, 6) is -2.67. The summed E-state index contributed by atoms with van der Waals surface area (Å²) in [5.41, 5.74) is 1.23. The van der Waals surface area contributed by atoms with E-state index in [4.69, 9.17) is 14.2 Å². The van der Waals surface area contributed by atoms with E-state index in [1.54, 1.807) is 31.2 Å². The van der Waals surface area contributed by atoms with Crippen molar-refractivity contribution in [2.45, 2.75) is 6.92 Å². The van der Waals surface area contributed by atoms with Crippen molar-refractivity contribution in [1.29, 1.82) is 0 Å². The number of halogens is 3. The molecule has 0 amide bonds. The van der Waals surface area contributed by atoms with Gasteiger partial charge in [0.25, 0.3) is 0 Å². The van der Waals surface area contributed by atoms with E-state index >= 15 is 0 Å². The molecule has 0 saturated heterocycles. The molecule has 0 fully saturated rings. The summed E-state index contributed by atoms with van der Waals surface area (Å²) in [6.07, 6.45) is 0. The van der Waals surface area contributed by atoms with E-state index in [2.05, 4.69) is 0 Å². The van der Waals surface area contributed by atoms with Crippen LogP contribution < -0.4 is 14.2 Å². The third kappa shape index (κ3) is 5.14. The van der Waals surface area contributed by atoms with Crippen LogP contribution in [0, 0.1) is 17.5 Å². The van der Waals surface area contributed by atoms with Crippen LogP contribution in [0.15, 0.2) is 78.9 Å². The van der Waals surface area contributed by atoms with Crippen LogP contribution in [0.25, 0.3) is 22.3 Å². The fourth-order valence-corrected chi connectivity index (χ4v) is 3.54.